The van der Waals surface area contributed by atoms with E-state index >= 15 is 0 Å². The molecule has 14 heavy (non-hydrogen) atoms. The highest BCUT2D eigenvalue weighted by Gasteiger charge is 2.26. The number of rotatable bonds is 2. The van der Waals surface area contributed by atoms with Crippen LogP contribution in [0, 0.1) is 6.92 Å². The van der Waals surface area contributed by atoms with E-state index < -0.39 is 0 Å². The number of fused-ring (bicyclic) bond motifs is 1. The lowest BCUT2D eigenvalue weighted by molar-refractivity contribution is 0.613. The van der Waals surface area contributed by atoms with Crippen LogP contribution < -0.4 is 10.2 Å². The van der Waals surface area contributed by atoms with E-state index in [2.05, 4.69) is 42.4 Å². The number of para-hydroxylation sites is 1. The standard InChI is InChI=1S/C12H18N2/c1-9-5-4-6-10-7-11(8-13-2)14(3)12(9)10/h4-6,11,13H,7-8H2,1-3H3. The highest BCUT2D eigenvalue weighted by molar-refractivity contribution is 5.63. The number of hydrogen-bond acceptors (Lipinski definition) is 2. The van der Waals surface area contributed by atoms with Gasteiger partial charge in [-0.1, -0.05) is 18.2 Å². The van der Waals surface area contributed by atoms with Crippen LogP contribution in [-0.4, -0.2) is 26.7 Å². The third-order valence-electron chi connectivity index (χ3n) is 3.12. The molecule has 1 aliphatic heterocycles. The van der Waals surface area contributed by atoms with Gasteiger partial charge in [0.25, 0.3) is 0 Å². The summed E-state index contributed by atoms with van der Waals surface area (Å²) in [5.74, 6) is 0. The zero-order chi connectivity index (χ0) is 10.1. The first-order valence-electron chi connectivity index (χ1n) is 5.20. The maximum Gasteiger partial charge on any atom is 0.0452 e. The SMILES string of the molecule is CNCC1Cc2cccc(C)c2N1C. The van der Waals surface area contributed by atoms with E-state index in [4.69, 9.17) is 0 Å². The van der Waals surface area contributed by atoms with Gasteiger partial charge in [0.1, 0.15) is 0 Å². The fourth-order valence-electron chi connectivity index (χ4n) is 2.41. The van der Waals surface area contributed by atoms with Crippen LogP contribution in [0.3, 0.4) is 0 Å². The molecule has 0 fully saturated rings. The third-order valence-corrected chi connectivity index (χ3v) is 3.12. The van der Waals surface area contributed by atoms with Gasteiger partial charge in [-0.25, -0.2) is 0 Å². The molecule has 1 unspecified atom stereocenters. The van der Waals surface area contributed by atoms with Gasteiger partial charge >= 0.3 is 0 Å². The first-order chi connectivity index (χ1) is 6.74. The second-order valence-electron chi connectivity index (χ2n) is 4.11. The highest BCUT2D eigenvalue weighted by atomic mass is 15.2. The van der Waals surface area contributed by atoms with E-state index in [1.165, 1.54) is 23.2 Å². The van der Waals surface area contributed by atoms with Gasteiger partial charge in [0.2, 0.25) is 0 Å². The van der Waals surface area contributed by atoms with Gasteiger partial charge in [-0.15, -0.1) is 0 Å². The van der Waals surface area contributed by atoms with Gasteiger partial charge in [0.15, 0.2) is 0 Å². The van der Waals surface area contributed by atoms with E-state index in [-0.39, 0.29) is 0 Å². The average Bonchev–Trinajstić information content (AvgIpc) is 2.46. The van der Waals surface area contributed by atoms with Crippen LogP contribution in [0.25, 0.3) is 0 Å². The topological polar surface area (TPSA) is 15.3 Å². The molecule has 0 bridgehead atoms. The number of aryl methyl sites for hydroxylation is 1. The molecular formula is C12H18N2. The minimum absolute atomic E-state index is 0.621. The first-order valence-corrected chi connectivity index (χ1v) is 5.20. The molecule has 1 aliphatic rings. The lowest BCUT2D eigenvalue weighted by atomic mass is 10.1. The molecule has 76 valence electrons. The molecule has 0 amide bonds. The van der Waals surface area contributed by atoms with Crippen molar-refractivity contribution in [3.63, 3.8) is 0 Å². The molecule has 1 N–H and O–H groups in total. The number of nitrogens with zero attached hydrogens (tertiary/aromatic N) is 1. The number of benzene rings is 1. The Morgan fingerprint density at radius 3 is 2.93 bits per heavy atom. The van der Waals surface area contributed by atoms with Gasteiger partial charge in [-0.3, -0.25) is 0 Å². The fourth-order valence-corrected chi connectivity index (χ4v) is 2.41. The number of likely N-dealkylation sites (N-methyl/N-ethyl adjacent to an activating group) is 2. The second-order valence-corrected chi connectivity index (χ2v) is 4.11. The summed E-state index contributed by atoms with van der Waals surface area (Å²) in [6.45, 7) is 3.25. The predicted octanol–water partition coefficient (Wildman–Crippen LogP) is 1.58. The Morgan fingerprint density at radius 1 is 1.50 bits per heavy atom. The van der Waals surface area contributed by atoms with E-state index in [9.17, 15) is 0 Å². The molecular weight excluding hydrogens is 172 g/mol. The Balaban J connectivity index is 2.31. The van der Waals surface area contributed by atoms with Crippen LogP contribution in [0.15, 0.2) is 18.2 Å². The average molecular weight is 190 g/mol. The monoisotopic (exact) mass is 190 g/mol. The normalized spacial score (nSPS) is 19.9. The summed E-state index contributed by atoms with van der Waals surface area (Å²) in [6.07, 6.45) is 1.17. The molecule has 0 saturated carbocycles. The lowest BCUT2D eigenvalue weighted by Gasteiger charge is -2.23. The van der Waals surface area contributed by atoms with Crippen molar-refractivity contribution in [2.24, 2.45) is 0 Å². The van der Waals surface area contributed by atoms with Crippen molar-refractivity contribution in [1.29, 1.82) is 0 Å². The summed E-state index contributed by atoms with van der Waals surface area (Å²) < 4.78 is 0. The molecule has 2 rings (SSSR count). The van der Waals surface area contributed by atoms with Crippen molar-refractivity contribution in [2.75, 3.05) is 25.5 Å². The Morgan fingerprint density at radius 2 is 2.29 bits per heavy atom. The number of anilines is 1. The minimum atomic E-state index is 0.621. The van der Waals surface area contributed by atoms with Crippen LogP contribution in [0.1, 0.15) is 11.1 Å². The van der Waals surface area contributed by atoms with Gasteiger partial charge in [0.05, 0.1) is 0 Å². The van der Waals surface area contributed by atoms with E-state index in [1.54, 1.807) is 0 Å². The van der Waals surface area contributed by atoms with Gasteiger partial charge < -0.3 is 10.2 Å². The summed E-state index contributed by atoms with van der Waals surface area (Å²) in [4.78, 5) is 2.40. The van der Waals surface area contributed by atoms with Crippen molar-refractivity contribution < 1.29 is 0 Å². The fraction of sp³-hybridized carbons (Fsp3) is 0.500. The zero-order valence-electron chi connectivity index (χ0n) is 9.17. The minimum Gasteiger partial charge on any atom is -0.370 e. The van der Waals surface area contributed by atoms with Crippen LogP contribution in [-0.2, 0) is 6.42 Å². The third kappa shape index (κ3) is 1.40. The molecule has 2 heteroatoms. The first kappa shape index (κ1) is 9.53. The molecule has 0 radical (unpaired) electrons. The van der Waals surface area contributed by atoms with Crippen LogP contribution in [0.2, 0.25) is 0 Å². The molecule has 0 aliphatic carbocycles. The zero-order valence-corrected chi connectivity index (χ0v) is 9.17. The summed E-state index contributed by atoms with van der Waals surface area (Å²) in [7, 11) is 4.21. The maximum absolute atomic E-state index is 3.25. The van der Waals surface area contributed by atoms with Crippen molar-refractivity contribution in [3.05, 3.63) is 29.3 Å². The van der Waals surface area contributed by atoms with Crippen LogP contribution in [0.4, 0.5) is 5.69 Å². The highest BCUT2D eigenvalue weighted by Crippen LogP contribution is 2.33. The van der Waals surface area contributed by atoms with Crippen molar-refractivity contribution in [2.45, 2.75) is 19.4 Å². The summed E-state index contributed by atoms with van der Waals surface area (Å²) in [6, 6.07) is 7.21. The predicted molar refractivity (Wildman–Crippen MR) is 61.0 cm³/mol. The van der Waals surface area contributed by atoms with Gasteiger partial charge in [0, 0.05) is 25.3 Å². The van der Waals surface area contributed by atoms with Crippen molar-refractivity contribution in [1.82, 2.24) is 5.32 Å². The summed E-state index contributed by atoms with van der Waals surface area (Å²) in [5.41, 5.74) is 4.32. The molecule has 1 aromatic rings. The molecule has 0 aromatic heterocycles. The molecule has 1 aromatic carbocycles. The number of nitrogens with one attached hydrogen (secondary N) is 1. The summed E-state index contributed by atoms with van der Waals surface area (Å²) in [5, 5.41) is 3.25. The quantitative estimate of drug-likeness (QED) is 0.761. The Bertz CT molecular complexity index is 333. The van der Waals surface area contributed by atoms with E-state index in [0.717, 1.165) is 6.54 Å². The molecule has 1 heterocycles. The maximum atomic E-state index is 3.25. The van der Waals surface area contributed by atoms with Crippen LogP contribution >= 0.6 is 0 Å². The largest absolute Gasteiger partial charge is 0.370 e. The second kappa shape index (κ2) is 3.62. The Hall–Kier alpha value is -1.02. The number of hydrogen-bond donors (Lipinski definition) is 1. The smallest absolute Gasteiger partial charge is 0.0452 e. The van der Waals surface area contributed by atoms with Crippen LogP contribution in [0.5, 0.6) is 0 Å². The molecule has 0 saturated heterocycles. The molecule has 0 spiro atoms. The van der Waals surface area contributed by atoms with Gasteiger partial charge in [-0.2, -0.15) is 0 Å². The van der Waals surface area contributed by atoms with Gasteiger partial charge in [-0.05, 0) is 31.5 Å². The van der Waals surface area contributed by atoms with Crippen molar-refractivity contribution >= 4 is 5.69 Å². The summed E-state index contributed by atoms with van der Waals surface area (Å²) >= 11 is 0. The Labute approximate surface area is 85.9 Å². The van der Waals surface area contributed by atoms with E-state index in [1.807, 2.05) is 7.05 Å². The van der Waals surface area contributed by atoms with Crippen molar-refractivity contribution in [3.8, 4) is 0 Å². The lowest BCUT2D eigenvalue weighted by Crippen LogP contribution is -2.36. The molecule has 2 nitrogen and oxygen atoms in total. The van der Waals surface area contributed by atoms with E-state index in [0.29, 0.717) is 6.04 Å². The molecule has 1 atom stereocenters. The Kier molecular flexibility index (Phi) is 2.46.